The maximum atomic E-state index is 12.9. The van der Waals surface area contributed by atoms with Crippen LogP contribution >= 0.6 is 15.9 Å². The van der Waals surface area contributed by atoms with Crippen LogP contribution in [0.2, 0.25) is 0 Å². The molecule has 0 spiro atoms. The summed E-state index contributed by atoms with van der Waals surface area (Å²) in [5, 5.41) is 0.262. The van der Waals surface area contributed by atoms with Crippen LogP contribution in [0.25, 0.3) is 11.0 Å². The third-order valence-corrected chi connectivity index (χ3v) is 5.47. The lowest BCUT2D eigenvalue weighted by Crippen LogP contribution is -2.10. The van der Waals surface area contributed by atoms with E-state index < -0.39 is 17.4 Å². The Kier molecular flexibility index (Phi) is 7.08. The van der Waals surface area contributed by atoms with Gasteiger partial charge in [-0.25, -0.2) is 9.59 Å². The molecule has 0 atom stereocenters. The number of benzene rings is 3. The lowest BCUT2D eigenvalue weighted by Gasteiger charge is -2.08. The lowest BCUT2D eigenvalue weighted by molar-refractivity contribution is 0.0504. The second kappa shape index (κ2) is 10.4. The van der Waals surface area contributed by atoms with Gasteiger partial charge in [0, 0.05) is 10.5 Å². The summed E-state index contributed by atoms with van der Waals surface area (Å²) < 4.78 is 22.3. The third-order valence-electron chi connectivity index (χ3n) is 4.77. The van der Waals surface area contributed by atoms with Crippen LogP contribution in [0.4, 0.5) is 0 Å². The van der Waals surface area contributed by atoms with E-state index in [0.29, 0.717) is 28.0 Å². The van der Waals surface area contributed by atoms with Gasteiger partial charge < -0.3 is 18.6 Å². The topological polar surface area (TPSA) is 92.0 Å². The minimum atomic E-state index is -0.545. The highest BCUT2D eigenvalue weighted by atomic mass is 79.9. The second-order valence-electron chi connectivity index (χ2n) is 7.22. The zero-order valence-electron chi connectivity index (χ0n) is 18.1. The van der Waals surface area contributed by atoms with Crippen LogP contribution in [0.5, 0.6) is 17.2 Å². The average Bonchev–Trinajstić information content (AvgIpc) is 2.85. The summed E-state index contributed by atoms with van der Waals surface area (Å²) in [5.74, 6) is -0.397. The molecule has 8 heteroatoms. The summed E-state index contributed by atoms with van der Waals surface area (Å²) in [5.41, 5.74) is 0.605. The van der Waals surface area contributed by atoms with Gasteiger partial charge in [0.25, 0.3) is 0 Å². The largest absolute Gasteiger partial charge is 0.462 e. The minimum Gasteiger partial charge on any atom is -0.462 e. The fourth-order valence-corrected chi connectivity index (χ4v) is 3.52. The van der Waals surface area contributed by atoms with Crippen molar-refractivity contribution in [3.05, 3.63) is 98.8 Å². The van der Waals surface area contributed by atoms with Gasteiger partial charge >= 0.3 is 11.9 Å². The molecule has 0 N–H and O–H groups in total. The molecule has 172 valence electrons. The van der Waals surface area contributed by atoms with Crippen molar-refractivity contribution in [2.45, 2.75) is 13.3 Å². The van der Waals surface area contributed by atoms with Crippen molar-refractivity contribution in [2.75, 3.05) is 6.61 Å². The van der Waals surface area contributed by atoms with Crippen molar-refractivity contribution in [1.82, 2.24) is 0 Å². The molecular weight excluding hydrogens is 504 g/mol. The maximum absolute atomic E-state index is 12.9. The number of carbonyl (C=O) groups is 2. The molecule has 0 aliphatic heterocycles. The van der Waals surface area contributed by atoms with Crippen molar-refractivity contribution < 1.29 is 28.2 Å². The van der Waals surface area contributed by atoms with E-state index in [1.165, 1.54) is 24.5 Å². The summed E-state index contributed by atoms with van der Waals surface area (Å²) in [6.07, 6.45) is 1.92. The van der Waals surface area contributed by atoms with Gasteiger partial charge in [-0.1, -0.05) is 19.1 Å². The lowest BCUT2D eigenvalue weighted by atomic mass is 10.2. The van der Waals surface area contributed by atoms with E-state index in [0.717, 1.165) is 6.42 Å². The molecule has 0 amide bonds. The Labute approximate surface area is 203 Å². The van der Waals surface area contributed by atoms with Crippen molar-refractivity contribution >= 4 is 38.8 Å². The zero-order chi connectivity index (χ0) is 24.1. The average molecular weight is 523 g/mol. The van der Waals surface area contributed by atoms with Gasteiger partial charge in [0.05, 0.1) is 23.1 Å². The van der Waals surface area contributed by atoms with Crippen LogP contribution in [0.1, 0.15) is 34.1 Å². The van der Waals surface area contributed by atoms with Crippen LogP contribution in [0.15, 0.2) is 86.7 Å². The third kappa shape index (κ3) is 5.18. The van der Waals surface area contributed by atoms with Crippen molar-refractivity contribution in [3.8, 4) is 17.2 Å². The summed E-state index contributed by atoms with van der Waals surface area (Å²) in [6.45, 7) is 2.26. The molecule has 1 heterocycles. The maximum Gasteiger partial charge on any atom is 0.344 e. The number of ether oxygens (including phenoxy) is 3. The standard InChI is InChI=1S/C26H19BrO7/c1-2-13-31-25(29)16-7-9-17(10-8-16)33-23-15-32-22-14-18(11-12-20(22)24(23)28)34-26(30)19-5-3-4-6-21(19)27/h3-12,14-15H,2,13H2,1H3. The van der Waals surface area contributed by atoms with Crippen molar-refractivity contribution in [3.63, 3.8) is 0 Å². The Morgan fingerprint density at radius 2 is 1.68 bits per heavy atom. The van der Waals surface area contributed by atoms with E-state index in [-0.39, 0.29) is 22.5 Å². The highest BCUT2D eigenvalue weighted by Crippen LogP contribution is 2.25. The monoisotopic (exact) mass is 522 g/mol. The number of rotatable bonds is 7. The molecule has 0 aliphatic rings. The highest BCUT2D eigenvalue weighted by molar-refractivity contribution is 9.10. The number of hydrogen-bond acceptors (Lipinski definition) is 7. The minimum absolute atomic E-state index is 0.0215. The molecule has 34 heavy (non-hydrogen) atoms. The first kappa shape index (κ1) is 23.3. The predicted octanol–water partition coefficient (Wildman–Crippen LogP) is 6.13. The van der Waals surface area contributed by atoms with Gasteiger partial charge in [-0.2, -0.15) is 0 Å². The number of carbonyl (C=O) groups excluding carboxylic acids is 2. The second-order valence-corrected chi connectivity index (χ2v) is 8.07. The number of esters is 2. The first-order valence-corrected chi connectivity index (χ1v) is 11.2. The van der Waals surface area contributed by atoms with Gasteiger partial charge in [-0.3, -0.25) is 4.79 Å². The Bertz CT molecular complexity index is 1410. The van der Waals surface area contributed by atoms with Crippen LogP contribution in [0.3, 0.4) is 0 Å². The summed E-state index contributed by atoms with van der Waals surface area (Å²) in [6, 6.07) is 17.6. The molecule has 7 nitrogen and oxygen atoms in total. The normalized spacial score (nSPS) is 10.6. The summed E-state index contributed by atoms with van der Waals surface area (Å²) in [4.78, 5) is 37.2. The van der Waals surface area contributed by atoms with E-state index >= 15 is 0 Å². The quantitative estimate of drug-likeness (QED) is 0.213. The molecule has 0 fully saturated rings. The van der Waals surface area contributed by atoms with E-state index in [4.69, 9.17) is 18.6 Å². The van der Waals surface area contributed by atoms with Gasteiger partial charge in [0.1, 0.15) is 23.3 Å². The van der Waals surface area contributed by atoms with E-state index in [2.05, 4.69) is 15.9 Å². The first-order valence-electron chi connectivity index (χ1n) is 10.4. The van der Waals surface area contributed by atoms with Crippen molar-refractivity contribution in [1.29, 1.82) is 0 Å². The highest BCUT2D eigenvalue weighted by Gasteiger charge is 2.15. The van der Waals surface area contributed by atoms with Crippen LogP contribution in [-0.2, 0) is 4.74 Å². The smallest absolute Gasteiger partial charge is 0.344 e. The molecule has 4 rings (SSSR count). The van der Waals surface area contributed by atoms with Gasteiger partial charge in [-0.05, 0) is 70.9 Å². The zero-order valence-corrected chi connectivity index (χ0v) is 19.7. The van der Waals surface area contributed by atoms with Gasteiger partial charge in [0.15, 0.2) is 0 Å². The fraction of sp³-hybridized carbons (Fsp3) is 0.115. The molecule has 4 aromatic rings. The number of hydrogen-bond donors (Lipinski definition) is 0. The number of fused-ring (bicyclic) bond motifs is 1. The van der Waals surface area contributed by atoms with Crippen LogP contribution in [0, 0.1) is 0 Å². The van der Waals surface area contributed by atoms with Gasteiger partial charge in [-0.15, -0.1) is 0 Å². The summed E-state index contributed by atoms with van der Waals surface area (Å²) >= 11 is 3.32. The molecule has 0 saturated heterocycles. The Hall–Kier alpha value is -3.91. The van der Waals surface area contributed by atoms with Gasteiger partial charge in [0.2, 0.25) is 11.2 Å². The van der Waals surface area contributed by atoms with E-state index in [1.54, 1.807) is 48.5 Å². The predicted molar refractivity (Wildman–Crippen MR) is 129 cm³/mol. The van der Waals surface area contributed by atoms with E-state index in [9.17, 15) is 14.4 Å². The molecule has 0 aliphatic carbocycles. The molecule has 0 bridgehead atoms. The Balaban J connectivity index is 1.51. The van der Waals surface area contributed by atoms with Crippen LogP contribution < -0.4 is 14.9 Å². The SMILES string of the molecule is CCCOC(=O)c1ccc(Oc2coc3cc(OC(=O)c4ccccc4Br)ccc3c2=O)cc1. The van der Waals surface area contributed by atoms with E-state index in [1.807, 2.05) is 6.92 Å². The van der Waals surface area contributed by atoms with Crippen molar-refractivity contribution in [2.24, 2.45) is 0 Å². The fourth-order valence-electron chi connectivity index (χ4n) is 3.08. The Morgan fingerprint density at radius 1 is 0.941 bits per heavy atom. The summed E-state index contributed by atoms with van der Waals surface area (Å²) in [7, 11) is 0. The van der Waals surface area contributed by atoms with Crippen LogP contribution in [-0.4, -0.2) is 18.5 Å². The molecule has 0 radical (unpaired) electrons. The molecule has 3 aromatic carbocycles. The molecular formula is C26H19BrO7. The Morgan fingerprint density at radius 3 is 2.41 bits per heavy atom. The molecule has 1 aromatic heterocycles. The first-order chi connectivity index (χ1) is 16.5. The number of halogens is 1. The molecule has 0 unspecified atom stereocenters. The molecule has 0 saturated carbocycles.